The third-order valence-electron chi connectivity index (χ3n) is 18.9. The molecule has 0 radical (unpaired) electrons. The molecule has 1 aliphatic heterocycles. The number of aryl methyl sites for hydroxylation is 7. The van der Waals surface area contributed by atoms with Gasteiger partial charge < -0.3 is 46.5 Å². The SMILES string of the molecule is Cc1cc(Cl)cc(Cl)n1.Cc1cc(Cl)cc(N/N=C/c2ccccc2Cl)n1.Cc1cc(Cl)cc2nnc(-c3ccccc3Cl)n12.Cc1ccc(C(=O)NC2CC2)cc1-c1cc(C)n2c(-c3ccccc3Cl)nnc2c1.Cc1ccc(C(=O)NC2CC2)cc1B1OC(C)(C)C(C)(C)O1.Cc1ccc(S(=O)(=O)[N-]Cl)cc1.N/N=C/c1ccccc1Cl.O.O.O.[Na+]. The number of nitrogens with two attached hydrogens (primary N) is 1. The van der Waals surface area contributed by atoms with Crippen molar-refractivity contribution >= 4 is 169 Å². The Morgan fingerprint density at radius 1 is 0.512 bits per heavy atom. The molecule has 0 atom stereocenters. The predicted molar refractivity (Wildman–Crippen MR) is 497 cm³/mol. The molecule has 640 valence electrons. The first-order valence-electron chi connectivity index (χ1n) is 37.3. The van der Waals surface area contributed by atoms with Crippen molar-refractivity contribution < 1.29 is 73.3 Å². The fourth-order valence-corrected chi connectivity index (χ4v) is 14.4. The number of rotatable bonds is 14. The Hall–Kier alpha value is -8.66. The van der Waals surface area contributed by atoms with Crippen LogP contribution in [-0.4, -0.2) is 119 Å². The Balaban J connectivity index is 0.000000229. The summed E-state index contributed by atoms with van der Waals surface area (Å²) in [5.41, 5.74) is 18.0. The number of halogens is 9. The van der Waals surface area contributed by atoms with Gasteiger partial charge in [0.1, 0.15) is 21.0 Å². The molecule has 2 aliphatic carbocycles. The number of nitrogens with one attached hydrogen (secondary N) is 3. The third-order valence-corrected chi connectivity index (χ3v) is 22.7. The molecule has 16 rings (SSSR count). The zero-order chi connectivity index (χ0) is 86.0. The number of hydrogen-bond donors (Lipinski definition) is 4. The summed E-state index contributed by atoms with van der Waals surface area (Å²) in [7, 11) is -4.06. The zero-order valence-electron chi connectivity index (χ0n) is 69.1. The van der Waals surface area contributed by atoms with Crippen LogP contribution in [0.1, 0.15) is 125 Å². The van der Waals surface area contributed by atoms with Crippen LogP contribution in [0.25, 0.3) is 49.4 Å². The summed E-state index contributed by atoms with van der Waals surface area (Å²) >= 11 is 52.3. The molecule has 0 bridgehead atoms. The Labute approximate surface area is 782 Å². The van der Waals surface area contributed by atoms with E-state index >= 15 is 0 Å². The van der Waals surface area contributed by atoms with Gasteiger partial charge in [0.25, 0.3) is 11.8 Å². The van der Waals surface area contributed by atoms with Gasteiger partial charge in [0.05, 0.1) is 33.7 Å². The second kappa shape index (κ2) is 47.1. The van der Waals surface area contributed by atoms with Gasteiger partial charge in [0.15, 0.2) is 22.9 Å². The number of hydrogen-bond acceptors (Lipinski definition) is 16. The van der Waals surface area contributed by atoms with Crippen LogP contribution >= 0.6 is 105 Å². The van der Waals surface area contributed by atoms with Crippen LogP contribution in [0.15, 0.2) is 221 Å². The molecule has 0 unspecified atom stereocenters. The molecule has 36 heteroatoms. The van der Waals surface area contributed by atoms with Gasteiger partial charge in [-0.25, -0.2) is 18.4 Å². The van der Waals surface area contributed by atoms with Crippen molar-refractivity contribution in [1.82, 2.24) is 49.8 Å². The van der Waals surface area contributed by atoms with E-state index in [2.05, 4.69) is 73.9 Å². The summed E-state index contributed by atoms with van der Waals surface area (Å²) < 4.78 is 40.9. The van der Waals surface area contributed by atoms with Crippen molar-refractivity contribution in [3.8, 4) is 33.9 Å². The summed E-state index contributed by atoms with van der Waals surface area (Å²) in [4.78, 5) is 33.0. The van der Waals surface area contributed by atoms with E-state index in [0.717, 1.165) is 121 Å². The smallest absolute Gasteiger partial charge is 0.458 e. The number of carbonyl (C=O) groups excluding carboxylic acids is 2. The molecule has 123 heavy (non-hydrogen) atoms. The Morgan fingerprint density at radius 2 is 0.959 bits per heavy atom. The summed E-state index contributed by atoms with van der Waals surface area (Å²) in [6, 6.07) is 63.2. The van der Waals surface area contributed by atoms with Crippen LogP contribution in [0.5, 0.6) is 0 Å². The number of carbonyl (C=O) groups is 2. The fraction of sp³-hybridized carbons (Fsp3) is 0.218. The number of benzene rings is 7. The molecule has 2 amide bonds. The van der Waals surface area contributed by atoms with Crippen molar-refractivity contribution in [1.29, 1.82) is 0 Å². The van der Waals surface area contributed by atoms with E-state index in [-0.39, 0.29) is 73.9 Å². The van der Waals surface area contributed by atoms with Crippen molar-refractivity contribution in [3.63, 3.8) is 0 Å². The van der Waals surface area contributed by atoms with Crippen molar-refractivity contribution in [2.24, 2.45) is 16.0 Å². The Bertz CT molecular complexity index is 5900. The molecule has 7 aromatic carbocycles. The van der Waals surface area contributed by atoms with Crippen LogP contribution in [0.2, 0.25) is 40.3 Å². The monoisotopic (exact) mass is 1870 g/mol. The normalized spacial score (nSPS) is 13.3. The summed E-state index contributed by atoms with van der Waals surface area (Å²) in [5, 5.41) is 35.6. The van der Waals surface area contributed by atoms with Gasteiger partial charge in [-0.2, -0.15) is 10.2 Å². The van der Waals surface area contributed by atoms with E-state index in [1.54, 1.807) is 54.7 Å². The maximum atomic E-state index is 12.5. The Morgan fingerprint density at radius 3 is 1.43 bits per heavy atom. The van der Waals surface area contributed by atoms with Crippen molar-refractivity contribution in [3.05, 3.63) is 313 Å². The molecule has 24 nitrogen and oxygen atoms in total. The van der Waals surface area contributed by atoms with Crippen LogP contribution in [0, 0.1) is 48.5 Å². The first-order chi connectivity index (χ1) is 56.6. The van der Waals surface area contributed by atoms with E-state index < -0.39 is 17.1 Å². The topological polar surface area (TPSA) is 368 Å². The zero-order valence-corrected chi connectivity index (χ0v) is 78.7. The van der Waals surface area contributed by atoms with Gasteiger partial charge in [-0.3, -0.25) is 35.6 Å². The molecule has 6 aromatic heterocycles. The van der Waals surface area contributed by atoms with Crippen molar-refractivity contribution in [2.75, 3.05) is 5.43 Å². The first-order valence-corrected chi connectivity index (χ1v) is 42.1. The van der Waals surface area contributed by atoms with E-state index in [9.17, 15) is 18.0 Å². The summed E-state index contributed by atoms with van der Waals surface area (Å²) in [6.07, 6.45) is 7.47. The average molecular weight is 1870 g/mol. The number of sulfonamides is 1. The van der Waals surface area contributed by atoms with Gasteiger partial charge in [-0.05, 0) is 233 Å². The Kier molecular flexibility index (Phi) is 39.5. The van der Waals surface area contributed by atoms with Gasteiger partial charge >= 0.3 is 36.7 Å². The van der Waals surface area contributed by atoms with Gasteiger partial charge in [-0.1, -0.05) is 189 Å². The van der Waals surface area contributed by atoms with Gasteiger partial charge in [0.2, 0.25) is 0 Å². The molecule has 3 fully saturated rings. The molecule has 0 spiro atoms. The van der Waals surface area contributed by atoms with Crippen LogP contribution in [0.4, 0.5) is 5.82 Å². The minimum atomic E-state index is -3.62. The van der Waals surface area contributed by atoms with Gasteiger partial charge in [0, 0.05) is 110 Å². The second-order valence-electron chi connectivity index (χ2n) is 28.9. The van der Waals surface area contributed by atoms with E-state index in [1.807, 2.05) is 218 Å². The van der Waals surface area contributed by atoms with E-state index in [1.165, 1.54) is 18.3 Å². The van der Waals surface area contributed by atoms with Crippen LogP contribution in [0.3, 0.4) is 0 Å². The number of hydrazone groups is 2. The predicted octanol–water partition coefficient (Wildman–Crippen LogP) is 16.6. The number of amides is 2. The molecule has 13 aromatic rings. The molecule has 11 N–H and O–H groups in total. The van der Waals surface area contributed by atoms with Gasteiger partial charge in [-0.15, -0.1) is 20.4 Å². The molecule has 7 heterocycles. The van der Waals surface area contributed by atoms with Crippen molar-refractivity contribution in [2.45, 2.75) is 130 Å². The quantitative estimate of drug-likeness (QED) is 0.0258. The number of fused-ring (bicyclic) bond motifs is 2. The van der Waals surface area contributed by atoms with E-state index in [0.29, 0.717) is 75.2 Å². The first kappa shape index (κ1) is 103. The second-order valence-corrected chi connectivity index (χ2v) is 34.2. The minimum Gasteiger partial charge on any atom is -0.458 e. The maximum absolute atomic E-state index is 12.5. The van der Waals surface area contributed by atoms with Crippen LogP contribution in [-0.2, 0) is 19.3 Å². The molecule has 3 aliphatic rings. The number of nitrogens with zero attached hydrogens (tertiary/aromatic N) is 11. The number of anilines is 1. The fourth-order valence-electron chi connectivity index (χ4n) is 11.7. The standard InChI is InChI=1S/C24H21ClN4O.C17H24BNO3.C13H9Cl2N3.C13H11Cl2N3.C7H7ClN2.C7H7ClNO2S.C6H5Cl2N.Na.3H2O/c1-14-7-8-16(24(30)26-18-9-10-18)12-20(14)17-11-15(2)29-22(13-17)27-28-23(29)19-5-3-4-6-21(19)25;1-11-6-7-12(15(20)19-13-8-9-13)10-14(11)18-21-16(2,3)17(4,5)22-18;1-8-6-9(14)7-12-16-17-13(18(8)12)10-4-2-3-5-11(10)15;1-9-6-11(14)7-13(17-9)18-16-8-10-4-2-3-5-12(10)15;8-7-4-2-1-3-6(7)5-10-9;1-6-2-4-7(5-3-6)12(10,11)9-8;1-4-2-5(7)3-6(8)9-4;;;;/h3-8,11-13,18H,9-10H2,1-2H3,(H,26,30);6-7,10,13H,8-9H2,1-5H3,(H,19,20);2-7H,1H3;2-8H,1H3,(H,17,18);1-5H,9H2;2-5H,1H3;2-3H,1H3;;3*1H2/q;;;;;-1;;+1;;;/b;;;16-8+;10-5+;;;;;;. The van der Waals surface area contributed by atoms with Crippen LogP contribution < -0.4 is 56.9 Å². The maximum Gasteiger partial charge on any atom is 1.00 e. The summed E-state index contributed by atoms with van der Waals surface area (Å²) in [6.45, 7) is 21.8. The third kappa shape index (κ3) is 28.9. The largest absolute Gasteiger partial charge is 1.00 e. The molecule has 1 saturated heterocycles. The van der Waals surface area contributed by atoms with E-state index in [4.69, 9.17) is 120 Å². The molecule has 2 saturated carbocycles. The molecular formula is C87H90BCl9N15NaO9S. The summed E-state index contributed by atoms with van der Waals surface area (Å²) in [5.74, 6) is 6.96. The minimum absolute atomic E-state index is 0. The average Bonchev–Trinajstić information content (AvgIpc) is 1.67. The molecular weight excluding hydrogens is 1780 g/mol. The number of pyridine rings is 4. The number of aromatic nitrogens is 8.